The molecule has 0 aromatic heterocycles. The third-order valence-corrected chi connectivity index (χ3v) is 2.65. The van der Waals surface area contributed by atoms with E-state index in [1.165, 1.54) is 12.8 Å². The van der Waals surface area contributed by atoms with Gasteiger partial charge in [0.2, 0.25) is 0 Å². The number of unbranched alkanes of at least 4 members (excludes halogenated alkanes) is 1. The molecule has 0 unspecified atom stereocenters. The summed E-state index contributed by atoms with van der Waals surface area (Å²) in [6, 6.07) is 8.22. The van der Waals surface area contributed by atoms with Gasteiger partial charge >= 0.3 is 0 Å². The highest BCUT2D eigenvalue weighted by atomic mass is 16.5. The van der Waals surface area contributed by atoms with Gasteiger partial charge in [0.05, 0.1) is 6.61 Å². The number of hydrogen-bond donors (Lipinski definition) is 1. The second-order valence-electron chi connectivity index (χ2n) is 4.14. The molecule has 2 nitrogen and oxygen atoms in total. The molecule has 0 spiro atoms. The first-order valence-corrected chi connectivity index (χ1v) is 6.26. The van der Waals surface area contributed by atoms with Gasteiger partial charge in [0.1, 0.15) is 5.75 Å². The van der Waals surface area contributed by atoms with Crippen LogP contribution in [-0.4, -0.2) is 6.61 Å². The Bertz CT molecular complexity index is 299. The maximum atomic E-state index is 6.17. The zero-order chi connectivity index (χ0) is 11.8. The maximum Gasteiger partial charge on any atom is 0.124 e. The quantitative estimate of drug-likeness (QED) is 0.762. The van der Waals surface area contributed by atoms with E-state index >= 15 is 0 Å². The zero-order valence-electron chi connectivity index (χ0n) is 10.4. The van der Waals surface area contributed by atoms with Gasteiger partial charge in [-0.15, -0.1) is 0 Å². The Morgan fingerprint density at radius 1 is 1.19 bits per heavy atom. The second-order valence-corrected chi connectivity index (χ2v) is 4.14. The van der Waals surface area contributed by atoms with E-state index in [4.69, 9.17) is 10.5 Å². The highest BCUT2D eigenvalue weighted by molar-refractivity contribution is 5.35. The molecule has 1 atom stereocenters. The first kappa shape index (κ1) is 13.0. The molecule has 0 fully saturated rings. The van der Waals surface area contributed by atoms with Gasteiger partial charge in [-0.2, -0.15) is 0 Å². The Morgan fingerprint density at radius 3 is 2.62 bits per heavy atom. The number of nitrogens with two attached hydrogens (primary N) is 1. The third kappa shape index (κ3) is 3.86. The molecule has 16 heavy (non-hydrogen) atoms. The summed E-state index contributed by atoms with van der Waals surface area (Å²) in [5.74, 6) is 0.952. The fourth-order valence-corrected chi connectivity index (χ4v) is 1.71. The van der Waals surface area contributed by atoms with E-state index < -0.39 is 0 Å². The monoisotopic (exact) mass is 221 g/mol. The molecule has 2 N–H and O–H groups in total. The molecule has 0 saturated heterocycles. The zero-order valence-corrected chi connectivity index (χ0v) is 10.4. The summed E-state index contributed by atoms with van der Waals surface area (Å²) in [4.78, 5) is 0. The van der Waals surface area contributed by atoms with Crippen LogP contribution >= 0.6 is 0 Å². The Hall–Kier alpha value is -1.02. The van der Waals surface area contributed by atoms with Crippen LogP contribution in [-0.2, 0) is 0 Å². The van der Waals surface area contributed by atoms with Gasteiger partial charge in [0.25, 0.3) is 0 Å². The number of benzene rings is 1. The average molecular weight is 221 g/mol. The third-order valence-electron chi connectivity index (χ3n) is 2.65. The van der Waals surface area contributed by atoms with Crippen molar-refractivity contribution in [2.75, 3.05) is 6.61 Å². The fourth-order valence-electron chi connectivity index (χ4n) is 1.71. The minimum absolute atomic E-state index is 0.105. The van der Waals surface area contributed by atoms with E-state index in [9.17, 15) is 0 Å². The summed E-state index contributed by atoms with van der Waals surface area (Å²) in [5.41, 5.74) is 7.32. The number of para-hydroxylation sites is 1. The van der Waals surface area contributed by atoms with E-state index in [2.05, 4.69) is 19.9 Å². The van der Waals surface area contributed by atoms with Crippen molar-refractivity contribution >= 4 is 0 Å². The molecule has 0 saturated carbocycles. The van der Waals surface area contributed by atoms with Crippen LogP contribution in [0, 0.1) is 0 Å². The first-order valence-electron chi connectivity index (χ1n) is 6.26. The molecule has 1 aromatic rings. The molecule has 0 aliphatic heterocycles. The molecule has 0 bridgehead atoms. The van der Waals surface area contributed by atoms with Crippen LogP contribution in [0.2, 0.25) is 0 Å². The van der Waals surface area contributed by atoms with Crippen LogP contribution in [0.25, 0.3) is 0 Å². The predicted molar refractivity (Wildman–Crippen MR) is 68.7 cm³/mol. The molecule has 0 aliphatic rings. The van der Waals surface area contributed by atoms with E-state index in [-0.39, 0.29) is 6.04 Å². The summed E-state index contributed by atoms with van der Waals surface area (Å²) in [5, 5.41) is 0. The van der Waals surface area contributed by atoms with Gasteiger partial charge in [-0.1, -0.05) is 44.9 Å². The van der Waals surface area contributed by atoms with Crippen molar-refractivity contribution in [1.82, 2.24) is 0 Å². The van der Waals surface area contributed by atoms with E-state index in [0.29, 0.717) is 0 Å². The summed E-state index contributed by atoms with van der Waals surface area (Å²) in [6.45, 7) is 5.06. The average Bonchev–Trinajstić information content (AvgIpc) is 2.33. The number of hydrogen-bond acceptors (Lipinski definition) is 2. The molecule has 1 rings (SSSR count). The Labute approximate surface area is 98.8 Å². The molecule has 90 valence electrons. The van der Waals surface area contributed by atoms with Crippen LogP contribution in [0.15, 0.2) is 24.3 Å². The Morgan fingerprint density at radius 2 is 1.94 bits per heavy atom. The standard InChI is InChI=1S/C14H23NO/c1-3-5-9-13(15)12-8-6-7-10-14(12)16-11-4-2/h6-8,10,13H,3-5,9,11,15H2,1-2H3/t13-/m1/s1. The molecule has 2 heteroatoms. The summed E-state index contributed by atoms with van der Waals surface area (Å²) in [6.07, 6.45) is 4.41. The number of ether oxygens (including phenoxy) is 1. The van der Waals surface area contributed by atoms with Crippen LogP contribution in [0.3, 0.4) is 0 Å². The second kappa shape index (κ2) is 7.29. The minimum Gasteiger partial charge on any atom is -0.493 e. The van der Waals surface area contributed by atoms with Gasteiger partial charge < -0.3 is 10.5 Å². The topological polar surface area (TPSA) is 35.2 Å². The lowest BCUT2D eigenvalue weighted by molar-refractivity contribution is 0.311. The van der Waals surface area contributed by atoms with Gasteiger partial charge in [-0.05, 0) is 18.9 Å². The highest BCUT2D eigenvalue weighted by Gasteiger charge is 2.10. The van der Waals surface area contributed by atoms with Gasteiger partial charge in [0.15, 0.2) is 0 Å². The lowest BCUT2D eigenvalue weighted by atomic mass is 10.0. The molecule has 0 aliphatic carbocycles. The van der Waals surface area contributed by atoms with Crippen molar-refractivity contribution in [2.24, 2.45) is 5.73 Å². The SMILES string of the molecule is CCCC[C@@H](N)c1ccccc1OCCC. The lowest BCUT2D eigenvalue weighted by Crippen LogP contribution is -2.12. The van der Waals surface area contributed by atoms with Gasteiger partial charge in [0, 0.05) is 11.6 Å². The predicted octanol–water partition coefficient (Wildman–Crippen LogP) is 3.67. The van der Waals surface area contributed by atoms with E-state index in [0.717, 1.165) is 30.8 Å². The maximum absolute atomic E-state index is 6.17. The normalized spacial score (nSPS) is 12.4. The summed E-state index contributed by atoms with van der Waals surface area (Å²) < 4.78 is 5.71. The summed E-state index contributed by atoms with van der Waals surface area (Å²) >= 11 is 0. The lowest BCUT2D eigenvalue weighted by Gasteiger charge is -2.16. The van der Waals surface area contributed by atoms with E-state index in [1.807, 2.05) is 18.2 Å². The van der Waals surface area contributed by atoms with Crippen LogP contribution in [0.5, 0.6) is 5.75 Å². The minimum atomic E-state index is 0.105. The van der Waals surface area contributed by atoms with Crippen molar-refractivity contribution in [3.63, 3.8) is 0 Å². The molecule has 0 heterocycles. The van der Waals surface area contributed by atoms with E-state index in [1.54, 1.807) is 0 Å². The molecule has 1 aromatic carbocycles. The highest BCUT2D eigenvalue weighted by Crippen LogP contribution is 2.26. The van der Waals surface area contributed by atoms with Crippen molar-refractivity contribution in [2.45, 2.75) is 45.6 Å². The molecular weight excluding hydrogens is 198 g/mol. The molecular formula is C14H23NO. The van der Waals surface area contributed by atoms with Gasteiger partial charge in [-0.25, -0.2) is 0 Å². The van der Waals surface area contributed by atoms with Crippen molar-refractivity contribution in [3.05, 3.63) is 29.8 Å². The van der Waals surface area contributed by atoms with Crippen molar-refractivity contribution in [3.8, 4) is 5.75 Å². The van der Waals surface area contributed by atoms with Crippen LogP contribution in [0.4, 0.5) is 0 Å². The Balaban J connectivity index is 2.68. The number of rotatable bonds is 7. The van der Waals surface area contributed by atoms with Crippen LogP contribution in [0.1, 0.15) is 51.1 Å². The smallest absolute Gasteiger partial charge is 0.124 e. The van der Waals surface area contributed by atoms with Crippen molar-refractivity contribution in [1.29, 1.82) is 0 Å². The Kier molecular flexibility index (Phi) is 5.94. The van der Waals surface area contributed by atoms with Crippen molar-refractivity contribution < 1.29 is 4.74 Å². The molecule has 0 amide bonds. The first-order chi connectivity index (χ1) is 7.79. The fraction of sp³-hybridized carbons (Fsp3) is 0.571. The van der Waals surface area contributed by atoms with Crippen LogP contribution < -0.4 is 10.5 Å². The largest absolute Gasteiger partial charge is 0.493 e. The summed E-state index contributed by atoms with van der Waals surface area (Å²) in [7, 11) is 0. The molecule has 0 radical (unpaired) electrons. The van der Waals surface area contributed by atoms with Gasteiger partial charge in [-0.3, -0.25) is 0 Å².